The average molecular weight is 153 g/mol. The minimum Gasteiger partial charge on any atom is -0.453 e. The van der Waals surface area contributed by atoms with Crippen molar-refractivity contribution in [3.05, 3.63) is 18.7 Å². The molecule has 10 heavy (non-hydrogen) atoms. The topological polar surface area (TPSA) is 53.0 Å². The first-order valence-corrected chi connectivity index (χ1v) is 3.21. The number of aromatic nitrogens is 2. The first-order chi connectivity index (χ1) is 4.88. The van der Waals surface area contributed by atoms with Crippen molar-refractivity contribution in [1.82, 2.24) is 9.97 Å². The second-order valence-electron chi connectivity index (χ2n) is 1.85. The molecule has 0 aliphatic carbocycles. The van der Waals surface area contributed by atoms with Crippen molar-refractivity contribution in [3.8, 4) is 0 Å². The summed E-state index contributed by atoms with van der Waals surface area (Å²) in [5, 5.41) is 3.62. The van der Waals surface area contributed by atoms with Crippen LogP contribution in [0.25, 0.3) is 0 Å². The van der Waals surface area contributed by atoms with Crippen LogP contribution in [0.2, 0.25) is 0 Å². The number of anilines is 1. The smallest absolute Gasteiger partial charge is 0.0958 e. The normalized spacial score (nSPS) is 14.7. The predicted octanol–water partition coefficient (Wildman–Crippen LogP) is -1.66. The van der Waals surface area contributed by atoms with E-state index in [1.807, 2.05) is 0 Å². The lowest BCUT2D eigenvalue weighted by Gasteiger charge is -2.16. The van der Waals surface area contributed by atoms with E-state index in [1.165, 1.54) is 6.33 Å². The molecule has 0 bridgehead atoms. The maximum absolute atomic E-state index is 4.14. The Morgan fingerprint density at radius 3 is 3.50 bits per heavy atom. The zero-order valence-electron chi connectivity index (χ0n) is 5.00. The highest BCUT2D eigenvalue weighted by atomic mass is 32.1. The number of imidazole rings is 1. The molecule has 0 saturated heterocycles. The van der Waals surface area contributed by atoms with Gasteiger partial charge in [-0.15, -0.1) is 0 Å². The van der Waals surface area contributed by atoms with Gasteiger partial charge in [0, 0.05) is 5.82 Å². The SMILES string of the molecule is SC1=[NH+][CH-]Nc2nc[n-]c21. The van der Waals surface area contributed by atoms with Crippen molar-refractivity contribution in [2.45, 2.75) is 0 Å². The van der Waals surface area contributed by atoms with E-state index >= 15 is 0 Å². The summed E-state index contributed by atoms with van der Waals surface area (Å²) in [6.07, 6.45) is 1.49. The molecule has 52 valence electrons. The fraction of sp³-hybridized carbons (Fsp3) is 0. The number of hydrogen-bond donors (Lipinski definition) is 3. The molecule has 0 atom stereocenters. The van der Waals surface area contributed by atoms with Gasteiger partial charge in [0.05, 0.1) is 11.7 Å². The van der Waals surface area contributed by atoms with Crippen molar-refractivity contribution < 1.29 is 4.99 Å². The summed E-state index contributed by atoms with van der Waals surface area (Å²) >= 11 is 4.14. The second-order valence-corrected chi connectivity index (χ2v) is 2.30. The molecule has 2 N–H and O–H groups in total. The highest BCUT2D eigenvalue weighted by Gasteiger charge is 2.01. The van der Waals surface area contributed by atoms with Crippen LogP contribution in [0.15, 0.2) is 6.33 Å². The van der Waals surface area contributed by atoms with Crippen molar-refractivity contribution in [3.63, 3.8) is 0 Å². The number of hydrogen-bond acceptors (Lipinski definition) is 2. The summed E-state index contributed by atoms with van der Waals surface area (Å²) < 4.78 is 0. The van der Waals surface area contributed by atoms with Crippen molar-refractivity contribution >= 4 is 23.5 Å². The molecule has 1 aromatic rings. The Morgan fingerprint density at radius 1 is 1.80 bits per heavy atom. The third-order valence-corrected chi connectivity index (χ3v) is 1.58. The Bertz CT molecular complexity index is 277. The molecule has 1 aliphatic rings. The van der Waals surface area contributed by atoms with Gasteiger partial charge >= 0.3 is 0 Å². The Balaban J connectivity index is 2.55. The molecular weight excluding hydrogens is 148 g/mol. The van der Waals surface area contributed by atoms with Gasteiger partial charge in [0.2, 0.25) is 0 Å². The quantitative estimate of drug-likeness (QED) is 0.309. The van der Waals surface area contributed by atoms with Crippen molar-refractivity contribution in [2.75, 3.05) is 5.32 Å². The lowest BCUT2D eigenvalue weighted by atomic mass is 10.4. The molecule has 2 heterocycles. The third kappa shape index (κ3) is 0.672. The summed E-state index contributed by atoms with van der Waals surface area (Å²) in [4.78, 5) is 10.8. The van der Waals surface area contributed by atoms with Crippen molar-refractivity contribution in [1.29, 1.82) is 0 Å². The fourth-order valence-corrected chi connectivity index (χ4v) is 1.01. The average Bonchev–Trinajstić information content (AvgIpc) is 2.36. The Labute approximate surface area is 63.2 Å². The molecule has 1 aromatic heterocycles. The van der Waals surface area contributed by atoms with Crippen LogP contribution in [-0.4, -0.2) is 10.0 Å². The maximum Gasteiger partial charge on any atom is 0.0958 e. The first kappa shape index (κ1) is 5.67. The summed E-state index contributed by atoms with van der Waals surface area (Å²) in [6.45, 7) is 1.67. The van der Waals surface area contributed by atoms with Gasteiger partial charge < -0.3 is 20.3 Å². The van der Waals surface area contributed by atoms with Crippen LogP contribution in [-0.2, 0) is 0 Å². The highest BCUT2D eigenvalue weighted by Crippen LogP contribution is 2.10. The lowest BCUT2D eigenvalue weighted by molar-refractivity contribution is -0.402. The molecule has 1 aliphatic heterocycles. The third-order valence-electron chi connectivity index (χ3n) is 1.24. The van der Waals surface area contributed by atoms with Crippen LogP contribution in [0.5, 0.6) is 0 Å². The largest absolute Gasteiger partial charge is 0.453 e. The van der Waals surface area contributed by atoms with E-state index in [9.17, 15) is 0 Å². The zero-order chi connectivity index (χ0) is 6.97. The molecule has 0 spiro atoms. The molecule has 5 heteroatoms. The summed E-state index contributed by atoms with van der Waals surface area (Å²) in [6, 6.07) is 0. The standard InChI is InChI=1S/C5H5N4S/c10-5-3-4(7-1-6-3)8-2-9-5/h1-2,8-9H,(H-,6,7,10)/q-1. The van der Waals surface area contributed by atoms with E-state index in [0.717, 1.165) is 16.6 Å². The van der Waals surface area contributed by atoms with Gasteiger partial charge in [0.25, 0.3) is 0 Å². The van der Waals surface area contributed by atoms with Gasteiger partial charge in [-0.05, 0) is 5.69 Å². The molecule has 0 amide bonds. The van der Waals surface area contributed by atoms with Crippen LogP contribution in [0, 0.1) is 6.67 Å². The van der Waals surface area contributed by atoms with Crippen LogP contribution >= 0.6 is 12.6 Å². The Morgan fingerprint density at radius 2 is 2.70 bits per heavy atom. The van der Waals surface area contributed by atoms with Gasteiger partial charge in [0.1, 0.15) is 0 Å². The van der Waals surface area contributed by atoms with Gasteiger partial charge in [-0.2, -0.15) is 12.6 Å². The van der Waals surface area contributed by atoms with E-state index in [2.05, 4.69) is 32.9 Å². The monoisotopic (exact) mass is 153 g/mol. The zero-order valence-corrected chi connectivity index (χ0v) is 5.89. The predicted molar refractivity (Wildman–Crippen MR) is 39.5 cm³/mol. The van der Waals surface area contributed by atoms with E-state index < -0.39 is 0 Å². The number of nitrogens with one attached hydrogen (secondary N) is 2. The highest BCUT2D eigenvalue weighted by molar-refractivity contribution is 7.97. The van der Waals surface area contributed by atoms with Crippen LogP contribution in [0.1, 0.15) is 5.69 Å². The van der Waals surface area contributed by atoms with E-state index in [-0.39, 0.29) is 0 Å². The minimum absolute atomic E-state index is 0.728. The molecule has 0 saturated carbocycles. The van der Waals surface area contributed by atoms with Crippen molar-refractivity contribution in [2.24, 2.45) is 0 Å². The summed E-state index contributed by atoms with van der Waals surface area (Å²) in [5.41, 5.74) is 0.769. The lowest BCUT2D eigenvalue weighted by Crippen LogP contribution is -2.71. The fourth-order valence-electron chi connectivity index (χ4n) is 0.787. The molecule has 0 radical (unpaired) electrons. The van der Waals surface area contributed by atoms with Gasteiger partial charge in [0.15, 0.2) is 0 Å². The molecular formula is C5H5N4S-. The van der Waals surface area contributed by atoms with E-state index in [4.69, 9.17) is 0 Å². The number of fused-ring (bicyclic) bond motifs is 1. The molecule has 0 fully saturated rings. The minimum atomic E-state index is 0.728. The summed E-state index contributed by atoms with van der Waals surface area (Å²) in [7, 11) is 0. The van der Waals surface area contributed by atoms with Gasteiger partial charge in [-0.3, -0.25) is 0 Å². The Kier molecular flexibility index (Phi) is 1.10. The number of rotatable bonds is 0. The van der Waals surface area contributed by atoms with E-state index in [1.54, 1.807) is 6.67 Å². The molecule has 0 unspecified atom stereocenters. The van der Waals surface area contributed by atoms with Gasteiger partial charge in [-0.25, -0.2) is 0 Å². The van der Waals surface area contributed by atoms with Gasteiger partial charge in [-0.1, -0.05) is 6.33 Å². The van der Waals surface area contributed by atoms with Crippen LogP contribution in [0.4, 0.5) is 5.82 Å². The molecule has 0 aromatic carbocycles. The second kappa shape index (κ2) is 1.95. The number of thiol groups is 1. The molecule has 4 nitrogen and oxygen atoms in total. The maximum atomic E-state index is 4.14. The number of nitrogens with zero attached hydrogens (tertiary/aromatic N) is 2. The Hall–Kier alpha value is -1.10. The first-order valence-electron chi connectivity index (χ1n) is 2.76. The van der Waals surface area contributed by atoms with Crippen LogP contribution < -0.4 is 15.3 Å². The molecule has 2 rings (SSSR count). The van der Waals surface area contributed by atoms with E-state index in [0.29, 0.717) is 0 Å². The summed E-state index contributed by atoms with van der Waals surface area (Å²) in [5.74, 6) is 0.753. The van der Waals surface area contributed by atoms with Crippen LogP contribution in [0.3, 0.4) is 0 Å².